The molecule has 7 heteroatoms. The average Bonchev–Trinajstić information content (AvgIpc) is 2.63. The summed E-state index contributed by atoms with van der Waals surface area (Å²) in [7, 11) is 3.81. The first-order valence-corrected chi connectivity index (χ1v) is 7.97. The minimum Gasteiger partial charge on any atom is -0.479 e. The predicted octanol–water partition coefficient (Wildman–Crippen LogP) is 2.37. The Kier molecular flexibility index (Phi) is 6.32. The molecule has 1 amide bonds. The molecule has 2 aromatic carbocycles. The number of carboxylic acids is 1. The number of nitrogens with zero attached hydrogens (tertiary/aromatic N) is 2. The van der Waals surface area contributed by atoms with E-state index in [4.69, 9.17) is 9.84 Å². The number of nitrogens with one attached hydrogen (secondary N) is 1. The molecule has 2 aromatic rings. The molecule has 0 aromatic heterocycles. The number of rotatable bonds is 7. The first-order valence-electron chi connectivity index (χ1n) is 7.97. The van der Waals surface area contributed by atoms with Crippen LogP contribution in [0.4, 0.5) is 5.69 Å². The molecule has 0 unspecified atom stereocenters. The van der Waals surface area contributed by atoms with Gasteiger partial charge in [-0.25, -0.2) is 10.2 Å². The maximum atomic E-state index is 12.1. The third-order valence-corrected chi connectivity index (χ3v) is 3.55. The van der Waals surface area contributed by atoms with Gasteiger partial charge in [0.2, 0.25) is 0 Å². The molecule has 0 saturated carbocycles. The van der Waals surface area contributed by atoms with Crippen molar-refractivity contribution in [2.24, 2.45) is 5.10 Å². The largest absolute Gasteiger partial charge is 0.479 e. The van der Waals surface area contributed by atoms with Gasteiger partial charge in [-0.2, -0.15) is 5.10 Å². The Hall–Kier alpha value is -3.35. The molecule has 0 aliphatic carbocycles. The summed E-state index contributed by atoms with van der Waals surface area (Å²) in [5, 5.41) is 12.8. The monoisotopic (exact) mass is 355 g/mol. The lowest BCUT2D eigenvalue weighted by Gasteiger charge is -2.12. The molecule has 7 nitrogen and oxygen atoms in total. The number of hydrogen-bond donors (Lipinski definition) is 2. The van der Waals surface area contributed by atoms with Gasteiger partial charge in [0.15, 0.2) is 6.10 Å². The molecule has 2 rings (SSSR count). The van der Waals surface area contributed by atoms with Crippen molar-refractivity contribution in [2.75, 3.05) is 19.0 Å². The highest BCUT2D eigenvalue weighted by Crippen LogP contribution is 2.14. The van der Waals surface area contributed by atoms with Crippen molar-refractivity contribution in [3.05, 3.63) is 59.7 Å². The van der Waals surface area contributed by atoms with Crippen LogP contribution in [-0.2, 0) is 4.79 Å². The summed E-state index contributed by atoms with van der Waals surface area (Å²) in [6.07, 6.45) is 0.574. The molecule has 0 spiro atoms. The second-order valence-electron chi connectivity index (χ2n) is 5.81. The van der Waals surface area contributed by atoms with Gasteiger partial charge in [0.1, 0.15) is 5.75 Å². The number of carboxylic acid groups (broad SMARTS) is 1. The van der Waals surface area contributed by atoms with Gasteiger partial charge in [0.25, 0.3) is 5.91 Å². The first-order chi connectivity index (χ1) is 12.4. The highest BCUT2D eigenvalue weighted by Gasteiger charge is 2.11. The van der Waals surface area contributed by atoms with Gasteiger partial charge in [0.05, 0.1) is 6.21 Å². The Morgan fingerprint density at radius 3 is 2.50 bits per heavy atom. The SMILES string of the molecule is C[C@H](Oc1ccc(/C=N/NC(=O)c2cccc(N(C)C)c2)cc1)C(=O)O. The van der Waals surface area contributed by atoms with Crippen molar-refractivity contribution in [1.82, 2.24) is 5.43 Å². The van der Waals surface area contributed by atoms with Gasteiger partial charge in [-0.1, -0.05) is 6.07 Å². The van der Waals surface area contributed by atoms with E-state index >= 15 is 0 Å². The van der Waals surface area contributed by atoms with Gasteiger partial charge >= 0.3 is 5.97 Å². The highest BCUT2D eigenvalue weighted by molar-refractivity contribution is 5.95. The van der Waals surface area contributed by atoms with Crippen LogP contribution in [0.25, 0.3) is 0 Å². The van der Waals surface area contributed by atoms with Crippen LogP contribution in [0.15, 0.2) is 53.6 Å². The highest BCUT2D eigenvalue weighted by atomic mass is 16.5. The zero-order valence-corrected chi connectivity index (χ0v) is 14.8. The van der Waals surface area contributed by atoms with Crippen molar-refractivity contribution in [3.63, 3.8) is 0 Å². The van der Waals surface area contributed by atoms with Gasteiger partial charge in [-0.05, 0) is 55.0 Å². The number of aliphatic carboxylic acids is 1. The van der Waals surface area contributed by atoms with Crippen LogP contribution in [0.3, 0.4) is 0 Å². The molecule has 0 heterocycles. The standard InChI is InChI=1S/C19H21N3O4/c1-13(19(24)25)26-17-9-7-14(8-10-17)12-20-21-18(23)15-5-4-6-16(11-15)22(2)3/h4-13H,1-3H3,(H,21,23)(H,24,25)/b20-12+/t13-/m0/s1. The molecule has 136 valence electrons. The number of hydrogen-bond acceptors (Lipinski definition) is 5. The Labute approximate surface area is 151 Å². The second kappa shape index (κ2) is 8.66. The fourth-order valence-electron chi connectivity index (χ4n) is 2.04. The summed E-state index contributed by atoms with van der Waals surface area (Å²) in [6, 6.07) is 13.9. The average molecular weight is 355 g/mol. The van der Waals surface area contributed by atoms with Crippen molar-refractivity contribution in [1.29, 1.82) is 0 Å². The van der Waals surface area contributed by atoms with Crippen LogP contribution < -0.4 is 15.1 Å². The van der Waals surface area contributed by atoms with Gasteiger partial charge in [-0.15, -0.1) is 0 Å². The predicted molar refractivity (Wildman–Crippen MR) is 100.0 cm³/mol. The van der Waals surface area contributed by atoms with Crippen LogP contribution in [0.1, 0.15) is 22.8 Å². The van der Waals surface area contributed by atoms with E-state index in [1.807, 2.05) is 31.1 Å². The Bertz CT molecular complexity index is 801. The summed E-state index contributed by atoms with van der Waals surface area (Å²) < 4.78 is 5.24. The molecular formula is C19H21N3O4. The van der Waals surface area contributed by atoms with Crippen molar-refractivity contribution < 1.29 is 19.4 Å². The molecule has 0 saturated heterocycles. The van der Waals surface area contributed by atoms with Crippen LogP contribution in [0, 0.1) is 0 Å². The van der Waals surface area contributed by atoms with Gasteiger partial charge < -0.3 is 14.7 Å². The summed E-state index contributed by atoms with van der Waals surface area (Å²) in [5.74, 6) is -0.890. The lowest BCUT2D eigenvalue weighted by atomic mass is 10.2. The lowest BCUT2D eigenvalue weighted by Crippen LogP contribution is -2.22. The third kappa shape index (κ3) is 5.34. The fraction of sp³-hybridized carbons (Fsp3) is 0.211. The molecule has 1 atom stereocenters. The normalized spacial score (nSPS) is 11.8. The quantitative estimate of drug-likeness (QED) is 0.588. The van der Waals surface area contributed by atoms with Crippen molar-refractivity contribution in [2.45, 2.75) is 13.0 Å². The molecular weight excluding hydrogens is 334 g/mol. The molecule has 2 N–H and O–H groups in total. The van der Waals surface area contributed by atoms with E-state index in [9.17, 15) is 9.59 Å². The number of amides is 1. The summed E-state index contributed by atoms with van der Waals surface area (Å²) in [5.41, 5.74) is 4.65. The Morgan fingerprint density at radius 1 is 1.19 bits per heavy atom. The fourth-order valence-corrected chi connectivity index (χ4v) is 2.04. The molecule has 26 heavy (non-hydrogen) atoms. The summed E-state index contributed by atoms with van der Waals surface area (Å²) in [4.78, 5) is 24.8. The van der Waals surface area contributed by atoms with Crippen LogP contribution in [0.5, 0.6) is 5.75 Å². The minimum atomic E-state index is -1.03. The van der Waals surface area contributed by atoms with Gasteiger partial charge in [0, 0.05) is 25.3 Å². The number of hydrazone groups is 1. The number of carbonyl (C=O) groups excluding carboxylic acids is 1. The lowest BCUT2D eigenvalue weighted by molar-refractivity contribution is -0.144. The minimum absolute atomic E-state index is 0.305. The first kappa shape index (κ1) is 19.0. The van der Waals surface area contributed by atoms with Crippen molar-refractivity contribution in [3.8, 4) is 5.75 Å². The van der Waals surface area contributed by atoms with E-state index in [1.165, 1.54) is 13.1 Å². The van der Waals surface area contributed by atoms with E-state index in [0.717, 1.165) is 11.3 Å². The van der Waals surface area contributed by atoms with Gasteiger partial charge in [-0.3, -0.25) is 4.79 Å². The zero-order chi connectivity index (χ0) is 19.1. The summed E-state index contributed by atoms with van der Waals surface area (Å²) >= 11 is 0. The second-order valence-corrected chi connectivity index (χ2v) is 5.81. The number of ether oxygens (including phenoxy) is 1. The zero-order valence-electron chi connectivity index (χ0n) is 14.8. The van der Waals surface area contributed by atoms with Crippen LogP contribution in [0.2, 0.25) is 0 Å². The van der Waals surface area contributed by atoms with Crippen LogP contribution >= 0.6 is 0 Å². The van der Waals surface area contributed by atoms with E-state index in [2.05, 4.69) is 10.5 Å². The molecule has 0 radical (unpaired) electrons. The summed E-state index contributed by atoms with van der Waals surface area (Å²) in [6.45, 7) is 1.46. The van der Waals surface area contributed by atoms with E-state index in [0.29, 0.717) is 11.3 Å². The molecule has 0 fully saturated rings. The maximum Gasteiger partial charge on any atom is 0.344 e. The third-order valence-electron chi connectivity index (χ3n) is 3.55. The molecule has 0 aliphatic rings. The maximum absolute atomic E-state index is 12.1. The van der Waals surface area contributed by atoms with Crippen LogP contribution in [-0.4, -0.2) is 43.4 Å². The Balaban J connectivity index is 1.94. The van der Waals surface area contributed by atoms with E-state index < -0.39 is 12.1 Å². The topological polar surface area (TPSA) is 91.2 Å². The van der Waals surface area contributed by atoms with Crippen molar-refractivity contribution >= 4 is 23.8 Å². The smallest absolute Gasteiger partial charge is 0.344 e. The molecule has 0 aliphatic heterocycles. The number of anilines is 1. The Morgan fingerprint density at radius 2 is 1.88 bits per heavy atom. The van der Waals surface area contributed by atoms with E-state index in [1.54, 1.807) is 36.4 Å². The number of benzene rings is 2. The number of carbonyl (C=O) groups is 2. The molecule has 0 bridgehead atoms. The van der Waals surface area contributed by atoms with E-state index in [-0.39, 0.29) is 5.91 Å².